The number of amides is 2. The van der Waals surface area contributed by atoms with Gasteiger partial charge in [0.1, 0.15) is 17.3 Å². The number of thiazole rings is 1. The van der Waals surface area contributed by atoms with Gasteiger partial charge in [-0.25, -0.2) is 18.6 Å². The molecule has 9 heteroatoms. The number of hydrogen-bond donors (Lipinski definition) is 2. The molecule has 3 rings (SSSR count). The maximum absolute atomic E-state index is 13.5. The third kappa shape index (κ3) is 2.90. The molecule has 0 unspecified atom stereocenters. The van der Waals surface area contributed by atoms with E-state index in [1.54, 1.807) is 12.3 Å². The zero-order valence-corrected chi connectivity index (χ0v) is 12.6. The summed E-state index contributed by atoms with van der Waals surface area (Å²) in [5.41, 5.74) is -0.317. The molecule has 0 aliphatic heterocycles. The maximum atomic E-state index is 13.5. The fraction of sp³-hybridized carbons (Fsp3) is 0.0714. The van der Waals surface area contributed by atoms with Gasteiger partial charge in [0.2, 0.25) is 0 Å². The zero-order valence-electron chi connectivity index (χ0n) is 11.8. The second kappa shape index (κ2) is 5.76. The lowest BCUT2D eigenvalue weighted by molar-refractivity contribution is 0.262. The molecule has 3 aromatic rings. The molecule has 0 spiro atoms. The number of aromatic nitrogens is 2. The van der Waals surface area contributed by atoms with E-state index in [-0.39, 0.29) is 11.4 Å². The van der Waals surface area contributed by atoms with E-state index in [9.17, 15) is 18.4 Å². The summed E-state index contributed by atoms with van der Waals surface area (Å²) in [5.74, 6) is -1.67. The highest BCUT2D eigenvalue weighted by molar-refractivity contribution is 7.15. The van der Waals surface area contributed by atoms with Crippen molar-refractivity contribution >= 4 is 33.7 Å². The molecular formula is C14H10F2N4O2S. The quantitative estimate of drug-likeness (QED) is 0.755. The Labute approximate surface area is 132 Å². The SMILES string of the molecule is Cc1nc2sccn2c(=O)c1NC(=O)Nc1ccc(F)cc1F. The summed E-state index contributed by atoms with van der Waals surface area (Å²) in [5, 5.41) is 6.26. The van der Waals surface area contributed by atoms with E-state index in [0.717, 1.165) is 12.1 Å². The molecule has 0 aliphatic rings. The number of rotatable bonds is 2. The van der Waals surface area contributed by atoms with Crippen LogP contribution in [0.1, 0.15) is 5.69 Å². The predicted molar refractivity (Wildman–Crippen MR) is 83.1 cm³/mol. The van der Waals surface area contributed by atoms with Gasteiger partial charge in [0.05, 0.1) is 11.4 Å². The van der Waals surface area contributed by atoms with Crippen molar-refractivity contribution in [1.29, 1.82) is 0 Å². The number of aryl methyl sites for hydroxylation is 1. The first kappa shape index (κ1) is 15.1. The number of halogens is 2. The molecule has 0 bridgehead atoms. The number of benzene rings is 1. The minimum atomic E-state index is -0.917. The van der Waals surface area contributed by atoms with Gasteiger partial charge in [0.15, 0.2) is 4.96 Å². The van der Waals surface area contributed by atoms with Gasteiger partial charge in [-0.3, -0.25) is 9.20 Å². The Morgan fingerprint density at radius 3 is 2.83 bits per heavy atom. The molecule has 0 aliphatic carbocycles. The van der Waals surface area contributed by atoms with Gasteiger partial charge in [-0.05, 0) is 19.1 Å². The van der Waals surface area contributed by atoms with Crippen molar-refractivity contribution in [1.82, 2.24) is 9.38 Å². The van der Waals surface area contributed by atoms with Gasteiger partial charge in [-0.15, -0.1) is 11.3 Å². The summed E-state index contributed by atoms with van der Waals surface area (Å²) < 4.78 is 27.6. The highest BCUT2D eigenvalue weighted by Gasteiger charge is 2.14. The fourth-order valence-electron chi connectivity index (χ4n) is 1.98. The monoisotopic (exact) mass is 336 g/mol. The second-order valence-electron chi connectivity index (χ2n) is 4.64. The molecule has 1 aromatic carbocycles. The minimum absolute atomic E-state index is 0.0130. The molecule has 6 nitrogen and oxygen atoms in total. The third-order valence-electron chi connectivity index (χ3n) is 3.07. The number of urea groups is 1. The highest BCUT2D eigenvalue weighted by atomic mass is 32.1. The van der Waals surface area contributed by atoms with Crippen LogP contribution in [0.15, 0.2) is 34.6 Å². The number of nitrogens with one attached hydrogen (secondary N) is 2. The van der Waals surface area contributed by atoms with Gasteiger partial charge >= 0.3 is 6.03 Å². The predicted octanol–water partition coefficient (Wildman–Crippen LogP) is 2.99. The first-order chi connectivity index (χ1) is 11.0. The highest BCUT2D eigenvalue weighted by Crippen LogP contribution is 2.16. The second-order valence-corrected chi connectivity index (χ2v) is 5.51. The molecule has 118 valence electrons. The molecule has 2 amide bonds. The average Bonchev–Trinajstić information content (AvgIpc) is 2.95. The first-order valence-corrected chi connectivity index (χ1v) is 7.33. The summed E-state index contributed by atoms with van der Waals surface area (Å²) in [7, 11) is 0. The smallest absolute Gasteiger partial charge is 0.305 e. The Morgan fingerprint density at radius 2 is 2.09 bits per heavy atom. The van der Waals surface area contributed by atoms with Gasteiger partial charge in [-0.1, -0.05) is 0 Å². The number of carbonyl (C=O) groups excluding carboxylic acids is 1. The Bertz CT molecular complexity index is 967. The van der Waals surface area contributed by atoms with Gasteiger partial charge in [0.25, 0.3) is 5.56 Å². The standard InChI is InChI=1S/C14H10F2N4O2S/c1-7-11(12(21)20-4-5-23-14(20)17-7)19-13(22)18-10-3-2-8(15)6-9(10)16/h2-6H,1H3,(H2,18,19,22). The van der Waals surface area contributed by atoms with E-state index in [1.807, 2.05) is 0 Å². The normalized spacial score (nSPS) is 10.7. The number of anilines is 2. The summed E-state index contributed by atoms with van der Waals surface area (Å²) in [6.07, 6.45) is 1.54. The third-order valence-corrected chi connectivity index (χ3v) is 3.82. The lowest BCUT2D eigenvalue weighted by Gasteiger charge is -2.09. The topological polar surface area (TPSA) is 75.5 Å². The van der Waals surface area contributed by atoms with Crippen LogP contribution in [-0.2, 0) is 0 Å². The van der Waals surface area contributed by atoms with Gasteiger partial charge in [-0.2, -0.15) is 0 Å². The van der Waals surface area contributed by atoms with Crippen LogP contribution in [0.2, 0.25) is 0 Å². The molecule has 0 radical (unpaired) electrons. The van der Waals surface area contributed by atoms with E-state index in [1.165, 1.54) is 21.9 Å². The van der Waals surface area contributed by atoms with Crippen LogP contribution in [-0.4, -0.2) is 15.4 Å². The van der Waals surface area contributed by atoms with E-state index < -0.39 is 23.2 Å². The lowest BCUT2D eigenvalue weighted by atomic mass is 10.3. The molecule has 2 N–H and O–H groups in total. The first-order valence-electron chi connectivity index (χ1n) is 6.45. The van der Waals surface area contributed by atoms with Crippen LogP contribution in [0.25, 0.3) is 4.96 Å². The van der Waals surface area contributed by atoms with Crippen LogP contribution < -0.4 is 16.2 Å². The largest absolute Gasteiger partial charge is 0.323 e. The van der Waals surface area contributed by atoms with E-state index >= 15 is 0 Å². The van der Waals surface area contributed by atoms with E-state index in [2.05, 4.69) is 15.6 Å². The van der Waals surface area contributed by atoms with Crippen molar-refractivity contribution in [3.8, 4) is 0 Å². The zero-order chi connectivity index (χ0) is 16.6. The molecule has 0 saturated carbocycles. The van der Waals surface area contributed by atoms with E-state index in [4.69, 9.17) is 0 Å². The minimum Gasteiger partial charge on any atom is -0.305 e. The Balaban J connectivity index is 1.87. The van der Waals surface area contributed by atoms with E-state index in [0.29, 0.717) is 16.7 Å². The van der Waals surface area contributed by atoms with Crippen molar-refractivity contribution in [3.63, 3.8) is 0 Å². The van der Waals surface area contributed by atoms with Crippen molar-refractivity contribution < 1.29 is 13.6 Å². The van der Waals surface area contributed by atoms with Gasteiger partial charge < -0.3 is 10.6 Å². The fourth-order valence-corrected chi connectivity index (χ4v) is 2.74. The van der Waals surface area contributed by atoms with Crippen molar-refractivity contribution in [2.24, 2.45) is 0 Å². The van der Waals surface area contributed by atoms with Gasteiger partial charge in [0, 0.05) is 17.6 Å². The van der Waals surface area contributed by atoms with Crippen LogP contribution in [0.4, 0.5) is 25.0 Å². The Morgan fingerprint density at radius 1 is 1.30 bits per heavy atom. The lowest BCUT2D eigenvalue weighted by Crippen LogP contribution is -2.27. The summed E-state index contributed by atoms with van der Waals surface area (Å²) in [6, 6.07) is 1.92. The number of hydrogen-bond acceptors (Lipinski definition) is 4. The molecule has 2 heterocycles. The van der Waals surface area contributed by atoms with Crippen LogP contribution in [0, 0.1) is 18.6 Å². The number of fused-ring (bicyclic) bond motifs is 1. The summed E-state index contributed by atoms with van der Waals surface area (Å²) >= 11 is 1.29. The number of carbonyl (C=O) groups is 1. The maximum Gasteiger partial charge on any atom is 0.323 e. The molecule has 23 heavy (non-hydrogen) atoms. The average molecular weight is 336 g/mol. The van der Waals surface area contributed by atoms with Crippen LogP contribution >= 0.6 is 11.3 Å². The Kier molecular flexibility index (Phi) is 3.78. The molecule has 0 atom stereocenters. The van der Waals surface area contributed by atoms with Crippen LogP contribution in [0.3, 0.4) is 0 Å². The summed E-state index contributed by atoms with van der Waals surface area (Å²) in [4.78, 5) is 28.9. The van der Waals surface area contributed by atoms with Crippen molar-refractivity contribution in [3.05, 3.63) is 57.5 Å². The molecule has 2 aromatic heterocycles. The van der Waals surface area contributed by atoms with Crippen LogP contribution in [0.5, 0.6) is 0 Å². The number of nitrogens with zero attached hydrogens (tertiary/aromatic N) is 2. The molecule has 0 fully saturated rings. The molecule has 0 saturated heterocycles. The molecular weight excluding hydrogens is 326 g/mol. The Hall–Kier alpha value is -2.81. The van der Waals surface area contributed by atoms with Crippen molar-refractivity contribution in [2.75, 3.05) is 10.6 Å². The van der Waals surface area contributed by atoms with Crippen molar-refractivity contribution in [2.45, 2.75) is 6.92 Å². The summed E-state index contributed by atoms with van der Waals surface area (Å²) in [6.45, 7) is 1.58.